The summed E-state index contributed by atoms with van der Waals surface area (Å²) in [4.78, 5) is 42.6. The molecule has 0 aliphatic heterocycles. The zero-order valence-electron chi connectivity index (χ0n) is 16.6. The first-order chi connectivity index (χ1) is 15.5. The van der Waals surface area contributed by atoms with Crippen LogP contribution in [0.5, 0.6) is 0 Å². The van der Waals surface area contributed by atoms with Crippen LogP contribution in [0.3, 0.4) is 0 Å². The Kier molecular flexibility index (Phi) is 6.05. The fraction of sp³-hybridized carbons (Fsp3) is 0.0435. The van der Waals surface area contributed by atoms with E-state index in [0.717, 1.165) is 0 Å². The number of anilines is 2. The Labute approximate surface area is 186 Å². The van der Waals surface area contributed by atoms with E-state index in [1.807, 2.05) is 6.07 Å². The molecule has 0 spiro atoms. The van der Waals surface area contributed by atoms with Crippen LogP contribution in [-0.4, -0.2) is 27.5 Å². The molecule has 9 heteroatoms. The Hall–Kier alpha value is -4.29. The van der Waals surface area contributed by atoms with E-state index in [2.05, 4.69) is 20.6 Å². The molecule has 0 saturated heterocycles. The van der Waals surface area contributed by atoms with E-state index in [-0.39, 0.29) is 23.3 Å². The van der Waals surface area contributed by atoms with Crippen LogP contribution in [0, 0.1) is 11.3 Å². The molecule has 4 rings (SSSR count). The lowest BCUT2D eigenvalue weighted by Crippen LogP contribution is -2.16. The monoisotopic (exact) mass is 443 g/mol. The fourth-order valence-electron chi connectivity index (χ4n) is 3.10. The number of carbonyl (C=O) groups excluding carboxylic acids is 2. The molecule has 0 aliphatic carbocycles. The highest BCUT2D eigenvalue weighted by Crippen LogP contribution is 2.24. The molecule has 0 bridgehead atoms. The van der Waals surface area contributed by atoms with Crippen LogP contribution in [0.15, 0.2) is 76.4 Å². The summed E-state index contributed by atoms with van der Waals surface area (Å²) in [5.74, 6) is -0.480. The molecule has 1 heterocycles. The number of nitrogens with zero attached hydrogens (tertiary/aromatic N) is 1. The average molecular weight is 443 g/mol. The molecule has 0 atom stereocenters. The zero-order valence-corrected chi connectivity index (χ0v) is 17.5. The second-order valence-electron chi connectivity index (χ2n) is 6.82. The van der Waals surface area contributed by atoms with Gasteiger partial charge in [0.15, 0.2) is 0 Å². The van der Waals surface area contributed by atoms with Crippen molar-refractivity contribution in [2.75, 3.05) is 16.4 Å². The van der Waals surface area contributed by atoms with E-state index in [1.54, 1.807) is 66.7 Å². The predicted octanol–water partition coefficient (Wildman–Crippen LogP) is 3.71. The number of thioether (sulfide) groups is 1. The third-order valence-electron chi connectivity index (χ3n) is 4.54. The highest BCUT2D eigenvalue weighted by molar-refractivity contribution is 8.00. The Morgan fingerprint density at radius 2 is 1.69 bits per heavy atom. The lowest BCUT2D eigenvalue weighted by molar-refractivity contribution is -0.113. The van der Waals surface area contributed by atoms with Gasteiger partial charge in [-0.15, -0.1) is 11.8 Å². The Balaban J connectivity index is 1.43. The maximum absolute atomic E-state index is 12.8. The molecule has 3 aromatic carbocycles. The van der Waals surface area contributed by atoms with Gasteiger partial charge in [0.2, 0.25) is 5.91 Å². The Bertz CT molecular complexity index is 1420. The van der Waals surface area contributed by atoms with E-state index in [4.69, 9.17) is 5.26 Å². The maximum atomic E-state index is 12.8. The Morgan fingerprint density at radius 3 is 2.53 bits per heavy atom. The van der Waals surface area contributed by atoms with E-state index in [0.29, 0.717) is 38.4 Å². The van der Waals surface area contributed by atoms with Gasteiger partial charge in [-0.05, 0) is 48.5 Å². The molecule has 0 radical (unpaired) electrons. The highest BCUT2D eigenvalue weighted by Gasteiger charge is 2.14. The van der Waals surface area contributed by atoms with E-state index in [9.17, 15) is 14.4 Å². The third-order valence-corrected chi connectivity index (χ3v) is 5.61. The second-order valence-corrected chi connectivity index (χ2v) is 7.84. The maximum Gasteiger partial charge on any atom is 0.323 e. The quantitative estimate of drug-likeness (QED) is 0.338. The molecule has 0 unspecified atom stereocenters. The number of hydrogen-bond acceptors (Lipinski definition) is 5. The van der Waals surface area contributed by atoms with Crippen LogP contribution in [-0.2, 0) is 4.79 Å². The minimum Gasteiger partial charge on any atom is -0.325 e. The van der Waals surface area contributed by atoms with Gasteiger partial charge in [-0.25, -0.2) is 4.79 Å². The van der Waals surface area contributed by atoms with Crippen molar-refractivity contribution >= 4 is 46.0 Å². The van der Waals surface area contributed by atoms with Gasteiger partial charge in [0.25, 0.3) is 5.91 Å². The minimum absolute atomic E-state index is 0.0949. The van der Waals surface area contributed by atoms with Gasteiger partial charge in [-0.3, -0.25) is 9.59 Å². The number of benzene rings is 3. The standard InChI is InChI=1S/C23H17N5O3S/c24-12-14-4-3-5-15(10-14)25-21(29)13-32-20-7-2-1-6-17(20)22(30)26-16-8-9-18-19(11-16)28-23(31)27-18/h1-11H,13H2,(H,25,29)(H,26,30)(H2,27,28,31). The topological polar surface area (TPSA) is 131 Å². The number of aromatic amines is 2. The van der Waals surface area contributed by atoms with Crippen molar-refractivity contribution < 1.29 is 9.59 Å². The molecule has 8 nitrogen and oxygen atoms in total. The van der Waals surface area contributed by atoms with Crippen molar-refractivity contribution in [2.24, 2.45) is 0 Å². The number of rotatable bonds is 6. The van der Waals surface area contributed by atoms with Crippen molar-refractivity contribution in [3.8, 4) is 6.07 Å². The second kappa shape index (κ2) is 9.24. The van der Waals surface area contributed by atoms with Crippen molar-refractivity contribution in [3.05, 3.63) is 88.3 Å². The number of H-pyrrole nitrogens is 2. The van der Waals surface area contributed by atoms with Crippen molar-refractivity contribution in [1.29, 1.82) is 5.26 Å². The van der Waals surface area contributed by atoms with Crippen molar-refractivity contribution in [2.45, 2.75) is 4.90 Å². The lowest BCUT2D eigenvalue weighted by Gasteiger charge is -2.10. The number of hydrogen-bond donors (Lipinski definition) is 4. The smallest absolute Gasteiger partial charge is 0.323 e. The first kappa shape index (κ1) is 21.0. The summed E-state index contributed by atoms with van der Waals surface area (Å²) in [5, 5.41) is 14.5. The molecule has 1 aromatic heterocycles. The van der Waals surface area contributed by atoms with Crippen LogP contribution >= 0.6 is 11.8 Å². The number of fused-ring (bicyclic) bond motifs is 1. The first-order valence-corrected chi connectivity index (χ1v) is 10.6. The van der Waals surface area contributed by atoms with Gasteiger partial charge < -0.3 is 20.6 Å². The lowest BCUT2D eigenvalue weighted by atomic mass is 10.2. The van der Waals surface area contributed by atoms with Crippen LogP contribution < -0.4 is 16.3 Å². The van der Waals surface area contributed by atoms with Crippen LogP contribution in [0.25, 0.3) is 11.0 Å². The Morgan fingerprint density at radius 1 is 0.906 bits per heavy atom. The van der Waals surface area contributed by atoms with Gasteiger partial charge in [-0.1, -0.05) is 18.2 Å². The third kappa shape index (κ3) is 4.88. The molecule has 2 amide bonds. The van der Waals surface area contributed by atoms with Gasteiger partial charge in [0.05, 0.1) is 34.0 Å². The molecule has 4 N–H and O–H groups in total. The zero-order chi connectivity index (χ0) is 22.5. The number of aromatic nitrogens is 2. The summed E-state index contributed by atoms with van der Waals surface area (Å²) < 4.78 is 0. The van der Waals surface area contributed by atoms with Crippen LogP contribution in [0.1, 0.15) is 15.9 Å². The molecule has 0 aliphatic rings. The number of imidazole rings is 1. The normalized spacial score (nSPS) is 10.5. The summed E-state index contributed by atoms with van der Waals surface area (Å²) in [6, 6.07) is 20.8. The summed E-state index contributed by atoms with van der Waals surface area (Å²) in [5.41, 5.74) is 2.89. The average Bonchev–Trinajstić information content (AvgIpc) is 3.17. The fourth-order valence-corrected chi connectivity index (χ4v) is 3.95. The predicted molar refractivity (Wildman–Crippen MR) is 124 cm³/mol. The molecule has 0 fully saturated rings. The summed E-state index contributed by atoms with van der Waals surface area (Å²) >= 11 is 1.24. The summed E-state index contributed by atoms with van der Waals surface area (Å²) in [6.07, 6.45) is 0. The summed E-state index contributed by atoms with van der Waals surface area (Å²) in [6.45, 7) is 0. The van der Waals surface area contributed by atoms with Gasteiger partial charge >= 0.3 is 5.69 Å². The number of carbonyl (C=O) groups is 2. The molecular weight excluding hydrogens is 426 g/mol. The van der Waals surface area contributed by atoms with Gasteiger partial charge in [0.1, 0.15) is 0 Å². The molecule has 4 aromatic rings. The van der Waals surface area contributed by atoms with E-state index in [1.165, 1.54) is 11.8 Å². The van der Waals surface area contributed by atoms with Gasteiger partial charge in [0, 0.05) is 16.3 Å². The summed E-state index contributed by atoms with van der Waals surface area (Å²) in [7, 11) is 0. The number of nitriles is 1. The number of amides is 2. The van der Waals surface area contributed by atoms with Gasteiger partial charge in [-0.2, -0.15) is 5.26 Å². The molecule has 158 valence electrons. The molecule has 32 heavy (non-hydrogen) atoms. The number of nitrogens with one attached hydrogen (secondary N) is 4. The van der Waals surface area contributed by atoms with Crippen LogP contribution in [0.2, 0.25) is 0 Å². The molecule has 0 saturated carbocycles. The minimum atomic E-state index is -0.326. The SMILES string of the molecule is N#Cc1cccc(NC(=O)CSc2ccccc2C(=O)Nc2ccc3[nH]c(=O)[nH]c3c2)c1. The van der Waals surface area contributed by atoms with E-state index >= 15 is 0 Å². The van der Waals surface area contributed by atoms with Crippen molar-refractivity contribution in [1.82, 2.24) is 9.97 Å². The molecular formula is C23H17N5O3S. The highest BCUT2D eigenvalue weighted by atomic mass is 32.2. The van der Waals surface area contributed by atoms with Crippen molar-refractivity contribution in [3.63, 3.8) is 0 Å². The van der Waals surface area contributed by atoms with Crippen LogP contribution in [0.4, 0.5) is 11.4 Å². The van der Waals surface area contributed by atoms with E-state index < -0.39 is 0 Å². The largest absolute Gasteiger partial charge is 0.325 e. The first-order valence-electron chi connectivity index (χ1n) is 9.57.